The van der Waals surface area contributed by atoms with Crippen molar-refractivity contribution >= 4 is 33.4 Å². The van der Waals surface area contributed by atoms with Gasteiger partial charge in [-0.25, -0.2) is 8.42 Å². The average molecular weight is 407 g/mol. The van der Waals surface area contributed by atoms with Gasteiger partial charge in [-0.2, -0.15) is 0 Å². The van der Waals surface area contributed by atoms with E-state index >= 15 is 0 Å². The van der Waals surface area contributed by atoms with Gasteiger partial charge in [-0.3, -0.25) is 9.52 Å². The number of hydrogen-bond donors (Lipinski definition) is 2. The molecule has 0 heterocycles. The molecule has 29 heavy (non-hydrogen) atoms. The van der Waals surface area contributed by atoms with Gasteiger partial charge >= 0.3 is 0 Å². The molecule has 2 N–H and O–H groups in total. The SMILES string of the molecule is Cc1ccc(/C=C/C(=O)Nc2ccc(S(=O)(=O)Nc3ccccc3C)cc2)cc1. The lowest BCUT2D eigenvalue weighted by atomic mass is 10.1. The van der Waals surface area contributed by atoms with E-state index in [1.807, 2.05) is 50.2 Å². The molecular weight excluding hydrogens is 384 g/mol. The summed E-state index contributed by atoms with van der Waals surface area (Å²) in [6.45, 7) is 3.83. The number of sulfonamides is 1. The van der Waals surface area contributed by atoms with Crippen molar-refractivity contribution in [1.82, 2.24) is 0 Å². The summed E-state index contributed by atoms with van der Waals surface area (Å²) in [6, 6.07) is 21.0. The van der Waals surface area contributed by atoms with Crippen LogP contribution >= 0.6 is 0 Å². The number of hydrogen-bond acceptors (Lipinski definition) is 3. The van der Waals surface area contributed by atoms with Crippen molar-refractivity contribution in [1.29, 1.82) is 0 Å². The number of aryl methyl sites for hydroxylation is 2. The molecule has 3 rings (SSSR count). The van der Waals surface area contributed by atoms with Crippen LogP contribution in [0.5, 0.6) is 0 Å². The Morgan fingerprint density at radius 2 is 1.52 bits per heavy atom. The molecule has 0 aromatic heterocycles. The monoisotopic (exact) mass is 406 g/mol. The smallest absolute Gasteiger partial charge is 0.261 e. The zero-order valence-corrected chi connectivity index (χ0v) is 17.0. The van der Waals surface area contributed by atoms with E-state index in [9.17, 15) is 13.2 Å². The van der Waals surface area contributed by atoms with E-state index in [1.165, 1.54) is 18.2 Å². The molecule has 0 fully saturated rings. The number of anilines is 2. The lowest BCUT2D eigenvalue weighted by molar-refractivity contribution is -0.111. The van der Waals surface area contributed by atoms with Gasteiger partial charge in [0, 0.05) is 11.8 Å². The number of carbonyl (C=O) groups excluding carboxylic acids is 1. The lowest BCUT2D eigenvalue weighted by Gasteiger charge is -2.11. The predicted octanol–water partition coefficient (Wildman–Crippen LogP) is 4.76. The van der Waals surface area contributed by atoms with Crippen LogP contribution in [0.3, 0.4) is 0 Å². The highest BCUT2D eigenvalue weighted by molar-refractivity contribution is 7.92. The van der Waals surface area contributed by atoms with Crippen molar-refractivity contribution < 1.29 is 13.2 Å². The van der Waals surface area contributed by atoms with Crippen molar-refractivity contribution in [3.05, 3.63) is 95.6 Å². The van der Waals surface area contributed by atoms with Crippen LogP contribution in [-0.2, 0) is 14.8 Å². The first kappa shape index (κ1) is 20.4. The van der Waals surface area contributed by atoms with Gasteiger partial charge < -0.3 is 5.32 Å². The quantitative estimate of drug-likeness (QED) is 0.580. The molecule has 0 bridgehead atoms. The highest BCUT2D eigenvalue weighted by Gasteiger charge is 2.15. The molecule has 0 spiro atoms. The fraction of sp³-hybridized carbons (Fsp3) is 0.0870. The summed E-state index contributed by atoms with van der Waals surface area (Å²) in [4.78, 5) is 12.2. The summed E-state index contributed by atoms with van der Waals surface area (Å²) < 4.78 is 27.7. The largest absolute Gasteiger partial charge is 0.323 e. The molecule has 0 saturated heterocycles. The van der Waals surface area contributed by atoms with E-state index in [-0.39, 0.29) is 10.8 Å². The standard InChI is InChI=1S/C23H22N2O3S/c1-17-7-9-19(10-8-17)11-16-23(26)24-20-12-14-21(15-13-20)29(27,28)25-22-6-4-3-5-18(22)2/h3-16,25H,1-2H3,(H,24,26)/b16-11+. The van der Waals surface area contributed by atoms with Gasteiger partial charge in [0.2, 0.25) is 5.91 Å². The summed E-state index contributed by atoms with van der Waals surface area (Å²) in [5, 5.41) is 2.72. The third-order valence-electron chi connectivity index (χ3n) is 4.33. The number of benzene rings is 3. The molecule has 1 amide bonds. The van der Waals surface area contributed by atoms with E-state index in [0.717, 1.165) is 16.7 Å². The second-order valence-electron chi connectivity index (χ2n) is 6.68. The van der Waals surface area contributed by atoms with E-state index in [0.29, 0.717) is 11.4 Å². The zero-order valence-electron chi connectivity index (χ0n) is 16.2. The first-order chi connectivity index (χ1) is 13.8. The Labute approximate surface area is 171 Å². The third-order valence-corrected chi connectivity index (χ3v) is 5.71. The Bertz CT molecular complexity index is 1130. The van der Waals surface area contributed by atoms with E-state index in [1.54, 1.807) is 30.3 Å². The lowest BCUT2D eigenvalue weighted by Crippen LogP contribution is -2.14. The number of amides is 1. The van der Waals surface area contributed by atoms with Gasteiger partial charge in [0.05, 0.1) is 10.6 Å². The fourth-order valence-electron chi connectivity index (χ4n) is 2.64. The van der Waals surface area contributed by atoms with Crippen LogP contribution < -0.4 is 10.0 Å². The first-order valence-electron chi connectivity index (χ1n) is 9.08. The Balaban J connectivity index is 1.65. The number of para-hydroxylation sites is 1. The molecule has 0 atom stereocenters. The highest BCUT2D eigenvalue weighted by Crippen LogP contribution is 2.20. The molecule has 5 nitrogen and oxygen atoms in total. The van der Waals surface area contributed by atoms with Crippen LogP contribution in [0.2, 0.25) is 0 Å². The second-order valence-corrected chi connectivity index (χ2v) is 8.36. The third kappa shape index (κ3) is 5.56. The van der Waals surface area contributed by atoms with Crippen LogP contribution in [0.1, 0.15) is 16.7 Å². The summed E-state index contributed by atoms with van der Waals surface area (Å²) in [6.07, 6.45) is 3.16. The fourth-order valence-corrected chi connectivity index (χ4v) is 3.77. The van der Waals surface area contributed by atoms with Crippen molar-refractivity contribution in [2.75, 3.05) is 10.0 Å². The van der Waals surface area contributed by atoms with Crippen molar-refractivity contribution in [2.45, 2.75) is 18.7 Å². The molecule has 6 heteroatoms. The minimum Gasteiger partial charge on any atom is -0.323 e. The Kier molecular flexibility index (Phi) is 6.14. The topological polar surface area (TPSA) is 75.3 Å². The maximum atomic E-state index is 12.6. The van der Waals surface area contributed by atoms with Gasteiger partial charge in [-0.1, -0.05) is 48.0 Å². The van der Waals surface area contributed by atoms with Crippen LogP contribution in [0.15, 0.2) is 83.8 Å². The normalized spacial score (nSPS) is 11.4. The zero-order chi connectivity index (χ0) is 20.9. The maximum absolute atomic E-state index is 12.6. The molecule has 3 aromatic carbocycles. The van der Waals surface area contributed by atoms with Crippen molar-refractivity contribution in [2.24, 2.45) is 0 Å². The van der Waals surface area contributed by atoms with Crippen LogP contribution in [0.4, 0.5) is 11.4 Å². The van der Waals surface area contributed by atoms with Gasteiger partial charge in [-0.15, -0.1) is 0 Å². The molecule has 148 valence electrons. The molecule has 0 aliphatic carbocycles. The predicted molar refractivity (Wildman–Crippen MR) is 117 cm³/mol. The second kappa shape index (κ2) is 8.75. The Morgan fingerprint density at radius 3 is 2.17 bits per heavy atom. The maximum Gasteiger partial charge on any atom is 0.261 e. The first-order valence-corrected chi connectivity index (χ1v) is 10.6. The van der Waals surface area contributed by atoms with Crippen LogP contribution in [0.25, 0.3) is 6.08 Å². The molecular formula is C23H22N2O3S. The van der Waals surface area contributed by atoms with Gasteiger partial charge in [0.1, 0.15) is 0 Å². The Hall–Kier alpha value is -3.38. The van der Waals surface area contributed by atoms with Crippen molar-refractivity contribution in [3.8, 4) is 0 Å². The van der Waals surface area contributed by atoms with E-state index < -0.39 is 10.0 Å². The van der Waals surface area contributed by atoms with Gasteiger partial charge in [0.15, 0.2) is 0 Å². The number of rotatable bonds is 6. The summed E-state index contributed by atoms with van der Waals surface area (Å²) in [7, 11) is -3.71. The van der Waals surface area contributed by atoms with E-state index in [2.05, 4.69) is 10.0 Å². The van der Waals surface area contributed by atoms with Gasteiger partial charge in [-0.05, 0) is 61.4 Å². The molecule has 3 aromatic rings. The summed E-state index contributed by atoms with van der Waals surface area (Å²) in [5.41, 5.74) is 3.96. The molecule has 0 unspecified atom stereocenters. The number of nitrogens with one attached hydrogen (secondary N) is 2. The highest BCUT2D eigenvalue weighted by atomic mass is 32.2. The number of carbonyl (C=O) groups is 1. The summed E-state index contributed by atoms with van der Waals surface area (Å²) in [5.74, 6) is -0.292. The van der Waals surface area contributed by atoms with Crippen LogP contribution in [-0.4, -0.2) is 14.3 Å². The minimum absolute atomic E-state index is 0.119. The molecule has 0 radical (unpaired) electrons. The molecule has 0 aliphatic heterocycles. The molecule has 0 saturated carbocycles. The van der Waals surface area contributed by atoms with Gasteiger partial charge in [0.25, 0.3) is 10.0 Å². The van der Waals surface area contributed by atoms with E-state index in [4.69, 9.17) is 0 Å². The van der Waals surface area contributed by atoms with Crippen LogP contribution in [0, 0.1) is 13.8 Å². The van der Waals surface area contributed by atoms with Crippen molar-refractivity contribution in [3.63, 3.8) is 0 Å². The minimum atomic E-state index is -3.71. The molecule has 0 aliphatic rings. The average Bonchev–Trinajstić information content (AvgIpc) is 2.70. The summed E-state index contributed by atoms with van der Waals surface area (Å²) >= 11 is 0. The Morgan fingerprint density at radius 1 is 0.862 bits per heavy atom.